The van der Waals surface area contributed by atoms with Crippen LogP contribution in [0.3, 0.4) is 0 Å². The Morgan fingerprint density at radius 2 is 2.08 bits per heavy atom. The number of aliphatic hydroxyl groups excluding tert-OH is 1. The smallest absolute Gasteiger partial charge is 0.119 e. The second-order valence-electron chi connectivity index (χ2n) is 7.38. The number of rotatable bonds is 4. The number of aromatic nitrogens is 2. The molecule has 2 aliphatic rings. The number of hydrogen-bond donors (Lipinski definition) is 2. The molecular formula is C19H28N4O2. The molecule has 0 saturated carbocycles. The van der Waals surface area contributed by atoms with E-state index in [4.69, 9.17) is 4.74 Å². The summed E-state index contributed by atoms with van der Waals surface area (Å²) in [5, 5.41) is 18.7. The van der Waals surface area contributed by atoms with E-state index in [2.05, 4.69) is 26.1 Å². The first-order valence-corrected chi connectivity index (χ1v) is 9.38. The molecule has 2 fully saturated rings. The molecule has 6 heteroatoms. The summed E-state index contributed by atoms with van der Waals surface area (Å²) in [6.07, 6.45) is 4.33. The van der Waals surface area contributed by atoms with Crippen molar-refractivity contribution in [2.24, 2.45) is 0 Å². The molecule has 2 aromatic rings. The van der Waals surface area contributed by atoms with Crippen molar-refractivity contribution in [3.05, 3.63) is 23.9 Å². The molecule has 2 saturated heterocycles. The first-order valence-electron chi connectivity index (χ1n) is 9.38. The van der Waals surface area contributed by atoms with E-state index < -0.39 is 0 Å². The predicted molar refractivity (Wildman–Crippen MR) is 97.8 cm³/mol. The minimum atomic E-state index is -0.127. The van der Waals surface area contributed by atoms with E-state index in [0.29, 0.717) is 6.04 Å². The summed E-state index contributed by atoms with van der Waals surface area (Å²) in [6, 6.07) is 6.65. The summed E-state index contributed by atoms with van der Waals surface area (Å²) in [5.74, 6) is 0.873. The van der Waals surface area contributed by atoms with Gasteiger partial charge < -0.3 is 9.84 Å². The lowest BCUT2D eigenvalue weighted by molar-refractivity contribution is 0.0242. The fourth-order valence-electron chi connectivity index (χ4n) is 4.27. The minimum absolute atomic E-state index is 0.127. The Kier molecular flexibility index (Phi) is 4.92. The quantitative estimate of drug-likeness (QED) is 0.888. The summed E-state index contributed by atoms with van der Waals surface area (Å²) in [4.78, 5) is 5.01. The van der Waals surface area contributed by atoms with Gasteiger partial charge in [0.05, 0.1) is 24.4 Å². The number of nitrogens with one attached hydrogen (secondary N) is 1. The molecule has 25 heavy (non-hydrogen) atoms. The summed E-state index contributed by atoms with van der Waals surface area (Å²) < 4.78 is 5.35. The number of aromatic amines is 1. The average Bonchev–Trinajstić information content (AvgIpc) is 3.04. The number of benzene rings is 1. The van der Waals surface area contributed by atoms with Crippen LogP contribution in [0, 0.1) is 0 Å². The zero-order chi connectivity index (χ0) is 17.2. The van der Waals surface area contributed by atoms with Crippen molar-refractivity contribution in [1.29, 1.82) is 0 Å². The zero-order valence-electron chi connectivity index (χ0n) is 14.9. The molecule has 3 heterocycles. The van der Waals surface area contributed by atoms with Gasteiger partial charge >= 0.3 is 0 Å². The van der Waals surface area contributed by atoms with Gasteiger partial charge in [-0.05, 0) is 50.4 Å². The number of ether oxygens (including phenoxy) is 1. The number of methoxy groups -OCH3 is 1. The van der Waals surface area contributed by atoms with Gasteiger partial charge in [0.15, 0.2) is 0 Å². The van der Waals surface area contributed by atoms with Crippen molar-refractivity contribution in [2.75, 3.05) is 33.3 Å². The largest absolute Gasteiger partial charge is 0.497 e. The highest BCUT2D eigenvalue weighted by Crippen LogP contribution is 2.25. The van der Waals surface area contributed by atoms with Crippen LogP contribution in [0.15, 0.2) is 18.2 Å². The minimum Gasteiger partial charge on any atom is -0.497 e. The summed E-state index contributed by atoms with van der Waals surface area (Å²) >= 11 is 0. The third-order valence-electron chi connectivity index (χ3n) is 5.72. The van der Waals surface area contributed by atoms with E-state index in [0.717, 1.165) is 62.2 Å². The van der Waals surface area contributed by atoms with Crippen molar-refractivity contribution in [3.63, 3.8) is 0 Å². The number of H-pyrrole nitrogens is 1. The first kappa shape index (κ1) is 16.8. The molecule has 0 amide bonds. The Labute approximate surface area is 148 Å². The lowest BCUT2D eigenvalue weighted by atomic mass is 9.99. The fraction of sp³-hybridized carbons (Fsp3) is 0.632. The molecule has 1 atom stereocenters. The topological polar surface area (TPSA) is 64.6 Å². The normalized spacial score (nSPS) is 24.0. The lowest BCUT2D eigenvalue weighted by Crippen LogP contribution is -2.49. The van der Waals surface area contributed by atoms with Gasteiger partial charge in [-0.2, -0.15) is 5.10 Å². The number of hydrogen-bond acceptors (Lipinski definition) is 5. The molecule has 4 rings (SSSR count). The van der Waals surface area contributed by atoms with Gasteiger partial charge in [0.2, 0.25) is 0 Å². The van der Waals surface area contributed by atoms with E-state index >= 15 is 0 Å². The van der Waals surface area contributed by atoms with Crippen LogP contribution in [0.5, 0.6) is 5.75 Å². The molecule has 0 spiro atoms. The molecular weight excluding hydrogens is 316 g/mol. The van der Waals surface area contributed by atoms with Gasteiger partial charge in [0.1, 0.15) is 5.75 Å². The van der Waals surface area contributed by atoms with Gasteiger partial charge in [-0.1, -0.05) is 0 Å². The van der Waals surface area contributed by atoms with Crippen LogP contribution in [0.25, 0.3) is 10.9 Å². The van der Waals surface area contributed by atoms with Gasteiger partial charge in [0, 0.05) is 37.6 Å². The predicted octanol–water partition coefficient (Wildman–Crippen LogP) is 1.99. The molecule has 1 aromatic heterocycles. The monoisotopic (exact) mass is 344 g/mol. The zero-order valence-corrected chi connectivity index (χ0v) is 14.9. The van der Waals surface area contributed by atoms with Crippen molar-refractivity contribution < 1.29 is 9.84 Å². The highest BCUT2D eigenvalue weighted by atomic mass is 16.5. The van der Waals surface area contributed by atoms with Crippen molar-refractivity contribution in [3.8, 4) is 5.75 Å². The molecule has 2 aliphatic heterocycles. The number of β-amino-alcohol motifs (C(OH)–C–C–N with tert-alkyl or cyclic N) is 1. The third-order valence-corrected chi connectivity index (χ3v) is 5.72. The maximum absolute atomic E-state index is 9.90. The Morgan fingerprint density at radius 3 is 2.84 bits per heavy atom. The number of aliphatic hydroxyl groups is 1. The van der Waals surface area contributed by atoms with E-state index in [1.165, 1.54) is 18.5 Å². The maximum atomic E-state index is 9.90. The van der Waals surface area contributed by atoms with Gasteiger partial charge in [-0.3, -0.25) is 14.9 Å². The number of fused-ring (bicyclic) bond motifs is 1. The van der Waals surface area contributed by atoms with Crippen LogP contribution in [0.4, 0.5) is 0 Å². The number of nitrogens with zero attached hydrogens (tertiary/aromatic N) is 3. The Bertz CT molecular complexity index is 709. The summed E-state index contributed by atoms with van der Waals surface area (Å²) in [7, 11) is 1.70. The van der Waals surface area contributed by atoms with E-state index in [-0.39, 0.29) is 6.10 Å². The van der Waals surface area contributed by atoms with E-state index in [9.17, 15) is 5.11 Å². The third kappa shape index (κ3) is 3.66. The standard InChI is InChI=1S/C19H28N4O2/c1-25-16-4-5-18-17(11-16)19(21-20-18)13-22-9-6-14(7-10-22)23-8-2-3-15(24)12-23/h4-5,11,14-15,24H,2-3,6-10,12-13H2,1H3,(H,20,21)/t15-/m0/s1. The second-order valence-corrected chi connectivity index (χ2v) is 7.38. The summed E-state index contributed by atoms with van der Waals surface area (Å²) in [6.45, 7) is 5.10. The molecule has 0 unspecified atom stereocenters. The molecule has 1 aromatic carbocycles. The van der Waals surface area contributed by atoms with Gasteiger partial charge in [-0.25, -0.2) is 0 Å². The van der Waals surface area contributed by atoms with Crippen molar-refractivity contribution >= 4 is 10.9 Å². The Hall–Kier alpha value is -1.63. The van der Waals surface area contributed by atoms with Crippen LogP contribution in [-0.2, 0) is 6.54 Å². The fourth-order valence-corrected chi connectivity index (χ4v) is 4.27. The van der Waals surface area contributed by atoms with Crippen molar-refractivity contribution in [1.82, 2.24) is 20.0 Å². The molecule has 0 bridgehead atoms. The molecule has 0 radical (unpaired) electrons. The second kappa shape index (κ2) is 7.32. The Balaban J connectivity index is 1.37. The SMILES string of the molecule is COc1ccc2n[nH]c(CN3CCC(N4CCC[C@H](O)C4)CC3)c2c1. The number of likely N-dealkylation sites (tertiary alicyclic amines) is 2. The van der Waals surface area contributed by atoms with Crippen LogP contribution in [0.2, 0.25) is 0 Å². The highest BCUT2D eigenvalue weighted by Gasteiger charge is 2.28. The lowest BCUT2D eigenvalue weighted by Gasteiger charge is -2.41. The maximum Gasteiger partial charge on any atom is 0.119 e. The van der Waals surface area contributed by atoms with E-state index in [1.807, 2.05) is 12.1 Å². The highest BCUT2D eigenvalue weighted by molar-refractivity contribution is 5.82. The molecule has 2 N–H and O–H groups in total. The van der Waals surface area contributed by atoms with Crippen LogP contribution in [-0.4, -0.2) is 70.5 Å². The molecule has 0 aliphatic carbocycles. The number of piperidine rings is 2. The Morgan fingerprint density at radius 1 is 1.24 bits per heavy atom. The van der Waals surface area contributed by atoms with Gasteiger partial charge in [0.25, 0.3) is 0 Å². The van der Waals surface area contributed by atoms with Crippen LogP contribution < -0.4 is 4.74 Å². The molecule has 6 nitrogen and oxygen atoms in total. The summed E-state index contributed by atoms with van der Waals surface area (Å²) in [5.41, 5.74) is 2.16. The first-order chi connectivity index (χ1) is 12.2. The average molecular weight is 344 g/mol. The van der Waals surface area contributed by atoms with Crippen LogP contribution in [0.1, 0.15) is 31.4 Å². The van der Waals surface area contributed by atoms with E-state index in [1.54, 1.807) is 7.11 Å². The van der Waals surface area contributed by atoms with Gasteiger partial charge in [-0.15, -0.1) is 0 Å². The van der Waals surface area contributed by atoms with Crippen LogP contribution >= 0.6 is 0 Å². The van der Waals surface area contributed by atoms with Crippen molar-refractivity contribution in [2.45, 2.75) is 44.4 Å². The molecule has 136 valence electrons.